The van der Waals surface area contributed by atoms with Crippen molar-refractivity contribution >= 4 is 12.6 Å². The van der Waals surface area contributed by atoms with Crippen molar-refractivity contribution in [2.75, 3.05) is 13.1 Å². The van der Waals surface area contributed by atoms with E-state index in [0.29, 0.717) is 18.2 Å². The molecule has 0 aliphatic rings. The van der Waals surface area contributed by atoms with Gasteiger partial charge < -0.3 is 21.4 Å². The molecule has 0 saturated carbocycles. The molecule has 5 nitrogen and oxygen atoms in total. The summed E-state index contributed by atoms with van der Waals surface area (Å²) in [5.74, 6) is 0.306. The Morgan fingerprint density at radius 2 is 1.77 bits per heavy atom. The highest BCUT2D eigenvalue weighted by Crippen LogP contribution is 2.08. The smallest absolute Gasteiger partial charge is 0.267 e. The maximum absolute atomic E-state index is 12.2. The highest BCUT2D eigenvalue weighted by Gasteiger charge is 2.10. The first-order valence-electron chi connectivity index (χ1n) is 9.06. The molecule has 0 unspecified atom stereocenters. The lowest BCUT2D eigenvalue weighted by molar-refractivity contribution is -0.117. The molecule has 1 amide bonds. The van der Waals surface area contributed by atoms with Gasteiger partial charge in [-0.2, -0.15) is 0 Å². The minimum absolute atomic E-state index is 0.0550. The van der Waals surface area contributed by atoms with Crippen LogP contribution in [0, 0.1) is 11.3 Å². The molecule has 26 heavy (non-hydrogen) atoms. The molecule has 0 spiro atoms. The summed E-state index contributed by atoms with van der Waals surface area (Å²) in [5, 5.41) is 15.1. The fourth-order valence-electron chi connectivity index (χ4n) is 2.30. The van der Waals surface area contributed by atoms with Gasteiger partial charge in [0.25, 0.3) is 5.91 Å². The second-order valence-corrected chi connectivity index (χ2v) is 6.00. The summed E-state index contributed by atoms with van der Waals surface area (Å²) in [6, 6.07) is 10.3. The van der Waals surface area contributed by atoms with Crippen LogP contribution in [0.3, 0.4) is 0 Å². The van der Waals surface area contributed by atoms with Crippen LogP contribution >= 0.6 is 0 Å². The molecular formula is C21H34N4O. The zero-order valence-electron chi connectivity index (χ0n) is 16.6. The summed E-state index contributed by atoms with van der Waals surface area (Å²) in [6.07, 6.45) is 4.72. The van der Waals surface area contributed by atoms with Crippen molar-refractivity contribution in [3.05, 3.63) is 59.4 Å². The second-order valence-electron chi connectivity index (χ2n) is 6.00. The molecule has 0 fully saturated rings. The summed E-state index contributed by atoms with van der Waals surface area (Å²) in [5.41, 5.74) is 2.94. The Kier molecular flexibility index (Phi) is 13.5. The van der Waals surface area contributed by atoms with Gasteiger partial charge >= 0.3 is 0 Å². The van der Waals surface area contributed by atoms with Crippen molar-refractivity contribution in [1.82, 2.24) is 16.0 Å². The number of nitrogens with one attached hydrogen (secondary N) is 4. The molecule has 0 aliphatic heterocycles. The van der Waals surface area contributed by atoms with Crippen LogP contribution in [0.5, 0.6) is 0 Å². The highest BCUT2D eigenvalue weighted by molar-refractivity contribution is 5.93. The highest BCUT2D eigenvalue weighted by atomic mass is 16.2. The Hall–Kier alpha value is -2.40. The van der Waals surface area contributed by atoms with Gasteiger partial charge in [-0.1, -0.05) is 56.3 Å². The van der Waals surface area contributed by atoms with E-state index in [4.69, 9.17) is 5.41 Å². The summed E-state index contributed by atoms with van der Waals surface area (Å²) in [4.78, 5) is 12.2. The van der Waals surface area contributed by atoms with Gasteiger partial charge in [0.05, 0.1) is 5.70 Å². The Labute approximate surface area is 158 Å². The van der Waals surface area contributed by atoms with E-state index >= 15 is 0 Å². The van der Waals surface area contributed by atoms with Gasteiger partial charge in [0, 0.05) is 18.8 Å². The van der Waals surface area contributed by atoms with Crippen LogP contribution in [0.4, 0.5) is 0 Å². The number of amides is 1. The number of carbonyl (C=O) groups excluding carboxylic acids is 1. The Balaban J connectivity index is 0.00000301. The van der Waals surface area contributed by atoms with Crippen LogP contribution in [0.15, 0.2) is 53.9 Å². The van der Waals surface area contributed by atoms with Crippen LogP contribution in [-0.4, -0.2) is 25.7 Å². The first-order valence-corrected chi connectivity index (χ1v) is 9.06. The Morgan fingerprint density at radius 3 is 2.31 bits per heavy atom. The van der Waals surface area contributed by atoms with E-state index in [9.17, 15) is 4.79 Å². The third-order valence-corrected chi connectivity index (χ3v) is 3.73. The lowest BCUT2D eigenvalue weighted by Gasteiger charge is -2.16. The minimum Gasteiger partial charge on any atom is -0.355 e. The number of allylic oxidation sites excluding steroid dienone is 3. The number of carbonyl (C=O) groups is 1. The van der Waals surface area contributed by atoms with E-state index in [1.807, 2.05) is 44.2 Å². The average Bonchev–Trinajstić information content (AvgIpc) is 2.67. The van der Waals surface area contributed by atoms with Crippen molar-refractivity contribution in [2.45, 2.75) is 40.7 Å². The third kappa shape index (κ3) is 9.79. The number of rotatable bonds is 10. The van der Waals surface area contributed by atoms with E-state index < -0.39 is 0 Å². The zero-order chi connectivity index (χ0) is 19.8. The number of benzene rings is 1. The maximum Gasteiger partial charge on any atom is 0.267 e. The predicted molar refractivity (Wildman–Crippen MR) is 111 cm³/mol. The fourth-order valence-corrected chi connectivity index (χ4v) is 2.30. The molecule has 0 radical (unpaired) electrons. The monoisotopic (exact) mass is 358 g/mol. The first-order chi connectivity index (χ1) is 12.6. The van der Waals surface area contributed by atoms with Crippen LogP contribution in [0.1, 0.15) is 39.7 Å². The van der Waals surface area contributed by atoms with Crippen LogP contribution in [0.25, 0.3) is 0 Å². The summed E-state index contributed by atoms with van der Waals surface area (Å²) < 4.78 is 0. The van der Waals surface area contributed by atoms with Crippen LogP contribution in [-0.2, 0) is 11.3 Å². The van der Waals surface area contributed by atoms with E-state index in [0.717, 1.165) is 25.2 Å². The van der Waals surface area contributed by atoms with Gasteiger partial charge in [0.15, 0.2) is 0 Å². The molecule has 1 aromatic rings. The van der Waals surface area contributed by atoms with Crippen molar-refractivity contribution in [3.63, 3.8) is 0 Å². The van der Waals surface area contributed by atoms with Gasteiger partial charge in [-0.25, -0.2) is 0 Å². The predicted octanol–water partition coefficient (Wildman–Crippen LogP) is 3.60. The summed E-state index contributed by atoms with van der Waals surface area (Å²) in [6.45, 7) is 12.9. The molecule has 0 atom stereocenters. The topological polar surface area (TPSA) is 77.0 Å². The quantitative estimate of drug-likeness (QED) is 0.293. The minimum atomic E-state index is -0.0550. The maximum atomic E-state index is 12.2. The summed E-state index contributed by atoms with van der Waals surface area (Å²) >= 11 is 0. The molecule has 1 rings (SSSR count). The van der Waals surface area contributed by atoms with Gasteiger partial charge in [0.2, 0.25) is 0 Å². The molecule has 0 aromatic heterocycles. The molecule has 1 aromatic carbocycles. The number of hydrogen-bond donors (Lipinski definition) is 4. The molecule has 0 heterocycles. The Bertz CT molecular complexity index is 565. The molecule has 0 saturated heterocycles. The van der Waals surface area contributed by atoms with Gasteiger partial charge in [-0.05, 0) is 45.0 Å². The van der Waals surface area contributed by atoms with E-state index in [2.05, 4.69) is 48.6 Å². The molecule has 4 N–H and O–H groups in total. The number of hydrogen-bond acceptors (Lipinski definition) is 4. The van der Waals surface area contributed by atoms with Crippen LogP contribution in [0.2, 0.25) is 0 Å². The SMILES string of the molecule is C=N.CC=C(N/C(=C\C)C(=O)NCCCNCc1ccccc1)C(C)C. The zero-order valence-corrected chi connectivity index (χ0v) is 16.6. The average molecular weight is 359 g/mol. The normalized spacial score (nSPS) is 11.6. The largest absolute Gasteiger partial charge is 0.355 e. The first kappa shape index (κ1) is 23.6. The van der Waals surface area contributed by atoms with E-state index in [1.54, 1.807) is 0 Å². The molecule has 144 valence electrons. The van der Waals surface area contributed by atoms with Crippen molar-refractivity contribution in [2.24, 2.45) is 5.92 Å². The van der Waals surface area contributed by atoms with Gasteiger partial charge in [0.1, 0.15) is 0 Å². The summed E-state index contributed by atoms with van der Waals surface area (Å²) in [7, 11) is 0. The lowest BCUT2D eigenvalue weighted by atomic mass is 10.1. The molecule has 0 bridgehead atoms. The second kappa shape index (κ2) is 14.9. The fraction of sp³-hybridized carbons (Fsp3) is 0.429. The lowest BCUT2D eigenvalue weighted by Crippen LogP contribution is -2.34. The molecule has 5 heteroatoms. The van der Waals surface area contributed by atoms with Crippen LogP contribution < -0.4 is 16.0 Å². The molecule has 0 aliphatic carbocycles. The van der Waals surface area contributed by atoms with Gasteiger partial charge in [-0.3, -0.25) is 4.79 Å². The van der Waals surface area contributed by atoms with Gasteiger partial charge in [-0.15, -0.1) is 0 Å². The molecular weight excluding hydrogens is 324 g/mol. The van der Waals surface area contributed by atoms with E-state index in [-0.39, 0.29) is 5.91 Å². The van der Waals surface area contributed by atoms with Crippen molar-refractivity contribution in [1.29, 1.82) is 5.41 Å². The standard InChI is InChI=1S/C20H31N3O.CH3N/c1-5-18(16(3)4)23-19(6-2)20(24)22-14-10-13-21-15-17-11-8-7-9-12-17;1-2/h5-9,11-12,16,21,23H,10,13-15H2,1-4H3,(H,22,24);2H,1H2/b18-5?,19-6-;. The van der Waals surface area contributed by atoms with Crippen molar-refractivity contribution < 1.29 is 4.79 Å². The third-order valence-electron chi connectivity index (χ3n) is 3.73. The van der Waals surface area contributed by atoms with Crippen molar-refractivity contribution in [3.8, 4) is 0 Å². The Morgan fingerprint density at radius 1 is 1.12 bits per heavy atom. The van der Waals surface area contributed by atoms with E-state index in [1.165, 1.54) is 5.56 Å².